The summed E-state index contributed by atoms with van der Waals surface area (Å²) in [6.45, 7) is 0.913. The standard InChI is InChI=1S/C21H18N2O2/c1-23(21(24)17-5-3-2-4-6-17)11-12-25-20-10-9-18-13-16(15-22)7-8-19(18)14-20/h2-10,13-14H,11-12H2,1H3. The lowest BCUT2D eigenvalue weighted by Crippen LogP contribution is -2.30. The van der Waals surface area contributed by atoms with E-state index in [4.69, 9.17) is 10.00 Å². The fraction of sp³-hybridized carbons (Fsp3) is 0.143. The quantitative estimate of drug-likeness (QED) is 0.714. The fourth-order valence-corrected chi connectivity index (χ4v) is 2.59. The minimum absolute atomic E-state index is 0.0215. The summed E-state index contributed by atoms with van der Waals surface area (Å²) in [7, 11) is 1.77. The maximum atomic E-state index is 12.3. The fourth-order valence-electron chi connectivity index (χ4n) is 2.59. The van der Waals surface area contributed by atoms with Crippen LogP contribution in [0.15, 0.2) is 66.7 Å². The highest BCUT2D eigenvalue weighted by Gasteiger charge is 2.10. The van der Waals surface area contributed by atoms with Crippen molar-refractivity contribution < 1.29 is 9.53 Å². The third-order valence-corrected chi connectivity index (χ3v) is 4.00. The molecule has 0 unspecified atom stereocenters. The number of amides is 1. The third-order valence-electron chi connectivity index (χ3n) is 4.00. The zero-order valence-electron chi connectivity index (χ0n) is 14.0. The van der Waals surface area contributed by atoms with Gasteiger partial charge in [-0.1, -0.05) is 30.3 Å². The molecule has 0 fully saturated rings. The molecule has 4 heteroatoms. The molecule has 0 saturated heterocycles. The number of carbonyl (C=O) groups is 1. The number of hydrogen-bond donors (Lipinski definition) is 0. The van der Waals surface area contributed by atoms with Crippen molar-refractivity contribution in [1.29, 1.82) is 5.26 Å². The van der Waals surface area contributed by atoms with E-state index in [0.29, 0.717) is 24.3 Å². The van der Waals surface area contributed by atoms with Crippen molar-refractivity contribution in [2.75, 3.05) is 20.2 Å². The molecule has 0 atom stereocenters. The van der Waals surface area contributed by atoms with Crippen molar-refractivity contribution in [3.63, 3.8) is 0 Å². The molecule has 0 aliphatic heterocycles. The molecule has 0 N–H and O–H groups in total. The Balaban J connectivity index is 1.59. The summed E-state index contributed by atoms with van der Waals surface area (Å²) in [6.07, 6.45) is 0. The Morgan fingerprint density at radius 1 is 1.04 bits per heavy atom. The summed E-state index contributed by atoms with van der Waals surface area (Å²) in [5.74, 6) is 0.726. The lowest BCUT2D eigenvalue weighted by Gasteiger charge is -2.17. The van der Waals surface area contributed by atoms with Crippen molar-refractivity contribution in [2.24, 2.45) is 0 Å². The highest BCUT2D eigenvalue weighted by atomic mass is 16.5. The minimum atomic E-state index is -0.0215. The monoisotopic (exact) mass is 330 g/mol. The van der Waals surface area contributed by atoms with Gasteiger partial charge in [-0.3, -0.25) is 4.79 Å². The Bertz CT molecular complexity index is 930. The first kappa shape index (κ1) is 16.5. The van der Waals surface area contributed by atoms with Crippen LogP contribution in [0.2, 0.25) is 0 Å². The van der Waals surface area contributed by atoms with Crippen LogP contribution in [-0.4, -0.2) is 31.0 Å². The van der Waals surface area contributed by atoms with Crippen LogP contribution in [-0.2, 0) is 0 Å². The zero-order chi connectivity index (χ0) is 17.6. The van der Waals surface area contributed by atoms with Gasteiger partial charge >= 0.3 is 0 Å². The van der Waals surface area contributed by atoms with E-state index in [1.807, 2.05) is 48.5 Å². The number of nitriles is 1. The predicted octanol–water partition coefficient (Wildman–Crippen LogP) is 3.86. The molecule has 1 amide bonds. The first-order valence-electron chi connectivity index (χ1n) is 8.04. The molecule has 0 aliphatic carbocycles. The van der Waals surface area contributed by atoms with Gasteiger partial charge in [0.25, 0.3) is 5.91 Å². The third kappa shape index (κ3) is 3.96. The van der Waals surface area contributed by atoms with E-state index in [1.165, 1.54) is 0 Å². The highest BCUT2D eigenvalue weighted by molar-refractivity contribution is 5.94. The van der Waals surface area contributed by atoms with Gasteiger partial charge in [-0.2, -0.15) is 5.26 Å². The molecular weight excluding hydrogens is 312 g/mol. The molecule has 0 aromatic heterocycles. The van der Waals surface area contributed by atoms with Crippen LogP contribution < -0.4 is 4.74 Å². The van der Waals surface area contributed by atoms with Crippen LogP contribution in [0.3, 0.4) is 0 Å². The average molecular weight is 330 g/mol. The molecule has 0 radical (unpaired) electrons. The van der Waals surface area contributed by atoms with Gasteiger partial charge in [0.15, 0.2) is 0 Å². The Morgan fingerprint density at radius 2 is 1.76 bits per heavy atom. The Hall–Kier alpha value is -3.32. The zero-order valence-corrected chi connectivity index (χ0v) is 14.0. The molecule has 0 saturated carbocycles. The molecule has 3 aromatic rings. The highest BCUT2D eigenvalue weighted by Crippen LogP contribution is 2.22. The molecule has 4 nitrogen and oxygen atoms in total. The number of benzene rings is 3. The smallest absolute Gasteiger partial charge is 0.253 e. The number of carbonyl (C=O) groups excluding carboxylic acids is 1. The molecule has 0 bridgehead atoms. The number of ether oxygens (including phenoxy) is 1. The van der Waals surface area contributed by atoms with Gasteiger partial charge < -0.3 is 9.64 Å². The summed E-state index contributed by atoms with van der Waals surface area (Å²) in [4.78, 5) is 13.9. The van der Waals surface area contributed by atoms with Gasteiger partial charge in [-0.15, -0.1) is 0 Å². The SMILES string of the molecule is CN(CCOc1ccc2cc(C#N)ccc2c1)C(=O)c1ccccc1. The van der Waals surface area contributed by atoms with E-state index in [2.05, 4.69) is 6.07 Å². The number of fused-ring (bicyclic) bond motifs is 1. The number of rotatable bonds is 5. The Morgan fingerprint density at radius 3 is 2.52 bits per heavy atom. The van der Waals surface area contributed by atoms with Gasteiger partial charge in [0.05, 0.1) is 18.2 Å². The van der Waals surface area contributed by atoms with Crippen LogP contribution in [0.1, 0.15) is 15.9 Å². The second-order valence-electron chi connectivity index (χ2n) is 5.78. The molecular formula is C21H18N2O2. The van der Waals surface area contributed by atoms with Crippen LogP contribution in [0.4, 0.5) is 0 Å². The van der Waals surface area contributed by atoms with E-state index in [-0.39, 0.29) is 5.91 Å². The van der Waals surface area contributed by atoms with Crippen molar-refractivity contribution in [2.45, 2.75) is 0 Å². The molecule has 124 valence electrons. The lowest BCUT2D eigenvalue weighted by atomic mass is 10.1. The maximum Gasteiger partial charge on any atom is 0.253 e. The van der Waals surface area contributed by atoms with Crippen molar-refractivity contribution >= 4 is 16.7 Å². The number of likely N-dealkylation sites (N-methyl/N-ethyl adjacent to an activating group) is 1. The van der Waals surface area contributed by atoms with Gasteiger partial charge in [0, 0.05) is 12.6 Å². The minimum Gasteiger partial charge on any atom is -0.492 e. The van der Waals surface area contributed by atoms with Crippen molar-refractivity contribution in [3.05, 3.63) is 77.9 Å². The van der Waals surface area contributed by atoms with E-state index in [0.717, 1.165) is 16.5 Å². The Kier molecular flexibility index (Phi) is 4.96. The average Bonchev–Trinajstić information content (AvgIpc) is 2.67. The molecule has 0 spiro atoms. The van der Waals surface area contributed by atoms with E-state index >= 15 is 0 Å². The molecule has 0 aliphatic rings. The summed E-state index contributed by atoms with van der Waals surface area (Å²) < 4.78 is 5.77. The van der Waals surface area contributed by atoms with Crippen LogP contribution in [0, 0.1) is 11.3 Å². The van der Waals surface area contributed by atoms with E-state index < -0.39 is 0 Å². The lowest BCUT2D eigenvalue weighted by molar-refractivity contribution is 0.0774. The van der Waals surface area contributed by atoms with Crippen LogP contribution in [0.25, 0.3) is 10.8 Å². The number of nitrogens with zero attached hydrogens (tertiary/aromatic N) is 2. The molecule has 25 heavy (non-hydrogen) atoms. The van der Waals surface area contributed by atoms with Crippen molar-refractivity contribution in [3.8, 4) is 11.8 Å². The number of hydrogen-bond acceptors (Lipinski definition) is 3. The van der Waals surface area contributed by atoms with Gasteiger partial charge in [0.2, 0.25) is 0 Å². The summed E-state index contributed by atoms with van der Waals surface area (Å²) >= 11 is 0. The second kappa shape index (κ2) is 7.50. The summed E-state index contributed by atoms with van der Waals surface area (Å²) in [5, 5.41) is 11.0. The van der Waals surface area contributed by atoms with Crippen LogP contribution >= 0.6 is 0 Å². The van der Waals surface area contributed by atoms with Gasteiger partial charge in [0.1, 0.15) is 12.4 Å². The maximum absolute atomic E-state index is 12.3. The first-order valence-corrected chi connectivity index (χ1v) is 8.04. The molecule has 3 rings (SSSR count). The van der Waals surface area contributed by atoms with Gasteiger partial charge in [-0.05, 0) is 47.2 Å². The van der Waals surface area contributed by atoms with Crippen molar-refractivity contribution in [1.82, 2.24) is 4.90 Å². The summed E-state index contributed by atoms with van der Waals surface area (Å²) in [5.41, 5.74) is 1.31. The largest absolute Gasteiger partial charge is 0.492 e. The topological polar surface area (TPSA) is 53.3 Å². The van der Waals surface area contributed by atoms with Gasteiger partial charge in [-0.25, -0.2) is 0 Å². The Labute approximate surface area is 146 Å². The van der Waals surface area contributed by atoms with Crippen LogP contribution in [0.5, 0.6) is 5.75 Å². The van der Waals surface area contributed by atoms with E-state index in [1.54, 1.807) is 30.1 Å². The predicted molar refractivity (Wildman–Crippen MR) is 97.6 cm³/mol. The first-order chi connectivity index (χ1) is 12.2. The normalized spacial score (nSPS) is 10.2. The van der Waals surface area contributed by atoms with E-state index in [9.17, 15) is 4.79 Å². The molecule has 3 aromatic carbocycles. The second-order valence-corrected chi connectivity index (χ2v) is 5.78. The summed E-state index contributed by atoms with van der Waals surface area (Å²) in [6, 6.07) is 22.6. The molecule has 0 heterocycles.